The Morgan fingerprint density at radius 1 is 1.31 bits per heavy atom. The lowest BCUT2D eigenvalue weighted by atomic mass is 10.1. The highest BCUT2D eigenvalue weighted by Gasteiger charge is 2.06. The normalized spacial score (nSPS) is 10.6. The lowest BCUT2D eigenvalue weighted by molar-refractivity contribution is 0.772. The number of nitrogens with zero attached hydrogens (tertiary/aromatic N) is 2. The molecule has 2 aromatic rings. The number of benzene rings is 1. The molecule has 0 aliphatic rings. The molecule has 0 amide bonds. The second kappa shape index (κ2) is 4.61. The van der Waals surface area contributed by atoms with Crippen LogP contribution in [0.4, 0.5) is 5.82 Å². The van der Waals surface area contributed by atoms with Crippen molar-refractivity contribution in [3.8, 4) is 11.1 Å². The number of nitrogen functional groups attached to an aromatic ring is 1. The lowest BCUT2D eigenvalue weighted by Gasteiger charge is -2.01. The molecule has 4 heteroatoms. The van der Waals surface area contributed by atoms with Crippen LogP contribution in [0.3, 0.4) is 0 Å². The first-order valence-electron chi connectivity index (χ1n) is 5.23. The molecule has 1 heterocycles. The van der Waals surface area contributed by atoms with Gasteiger partial charge in [-0.05, 0) is 23.4 Å². The van der Waals surface area contributed by atoms with Gasteiger partial charge in [0, 0.05) is 23.7 Å². The number of anilines is 1. The van der Waals surface area contributed by atoms with Crippen molar-refractivity contribution in [1.29, 1.82) is 0 Å². The molecule has 1 aromatic carbocycles. The first-order valence-corrected chi connectivity index (χ1v) is 6.21. The van der Waals surface area contributed by atoms with Crippen molar-refractivity contribution in [2.75, 3.05) is 11.5 Å². The third-order valence-electron chi connectivity index (χ3n) is 2.33. The van der Waals surface area contributed by atoms with E-state index in [1.165, 1.54) is 4.90 Å². The standard InChI is InChI=1S/C12H15N3S/c1-3-16-10-6-4-9(5-7-10)11-8-15(2)14-12(11)13/h4-8H,3H2,1-2H3,(H2,13,14). The average Bonchev–Trinajstić information content (AvgIpc) is 2.59. The van der Waals surface area contributed by atoms with Crippen LogP contribution in [0.15, 0.2) is 35.4 Å². The second-order valence-corrected chi connectivity index (χ2v) is 4.90. The lowest BCUT2D eigenvalue weighted by Crippen LogP contribution is -1.90. The largest absolute Gasteiger partial charge is 0.382 e. The Balaban J connectivity index is 2.31. The Bertz CT molecular complexity index is 474. The molecule has 16 heavy (non-hydrogen) atoms. The van der Waals surface area contributed by atoms with E-state index >= 15 is 0 Å². The van der Waals surface area contributed by atoms with Crippen molar-refractivity contribution in [3.05, 3.63) is 30.5 Å². The molecule has 0 unspecified atom stereocenters. The summed E-state index contributed by atoms with van der Waals surface area (Å²) in [7, 11) is 1.88. The molecule has 84 valence electrons. The number of thioether (sulfide) groups is 1. The quantitative estimate of drug-likeness (QED) is 0.829. The summed E-state index contributed by atoms with van der Waals surface area (Å²) >= 11 is 1.84. The van der Waals surface area contributed by atoms with Crippen molar-refractivity contribution in [2.45, 2.75) is 11.8 Å². The van der Waals surface area contributed by atoms with Gasteiger partial charge >= 0.3 is 0 Å². The molecule has 0 aliphatic carbocycles. The minimum absolute atomic E-state index is 0.582. The van der Waals surface area contributed by atoms with Gasteiger partial charge < -0.3 is 5.73 Å². The van der Waals surface area contributed by atoms with Crippen molar-refractivity contribution in [3.63, 3.8) is 0 Å². The number of hydrogen-bond acceptors (Lipinski definition) is 3. The van der Waals surface area contributed by atoms with Crippen molar-refractivity contribution in [1.82, 2.24) is 9.78 Å². The van der Waals surface area contributed by atoms with Crippen LogP contribution >= 0.6 is 11.8 Å². The third-order valence-corrected chi connectivity index (χ3v) is 3.23. The van der Waals surface area contributed by atoms with Crippen LogP contribution < -0.4 is 5.73 Å². The highest BCUT2D eigenvalue weighted by Crippen LogP contribution is 2.27. The fourth-order valence-electron chi connectivity index (χ4n) is 1.63. The summed E-state index contributed by atoms with van der Waals surface area (Å²) in [6.07, 6.45) is 1.94. The molecule has 0 atom stereocenters. The highest BCUT2D eigenvalue weighted by molar-refractivity contribution is 7.99. The van der Waals surface area contributed by atoms with Gasteiger partial charge in [-0.25, -0.2) is 0 Å². The van der Waals surface area contributed by atoms with Crippen molar-refractivity contribution < 1.29 is 0 Å². The zero-order valence-corrected chi connectivity index (χ0v) is 10.3. The molecule has 3 nitrogen and oxygen atoms in total. The molecule has 2 N–H and O–H groups in total. The highest BCUT2D eigenvalue weighted by atomic mass is 32.2. The maximum absolute atomic E-state index is 5.83. The fraction of sp³-hybridized carbons (Fsp3) is 0.250. The third kappa shape index (κ3) is 2.22. The zero-order chi connectivity index (χ0) is 11.5. The van der Waals surface area contributed by atoms with E-state index in [-0.39, 0.29) is 0 Å². The van der Waals surface area contributed by atoms with Gasteiger partial charge in [-0.15, -0.1) is 11.8 Å². The Morgan fingerprint density at radius 3 is 2.50 bits per heavy atom. The van der Waals surface area contributed by atoms with E-state index in [0.717, 1.165) is 16.9 Å². The minimum Gasteiger partial charge on any atom is -0.382 e. The van der Waals surface area contributed by atoms with Gasteiger partial charge in [0.05, 0.1) is 0 Å². The maximum Gasteiger partial charge on any atom is 0.153 e. The van der Waals surface area contributed by atoms with Crippen LogP contribution in [0, 0.1) is 0 Å². The van der Waals surface area contributed by atoms with Gasteiger partial charge in [0.15, 0.2) is 5.82 Å². The molecule has 0 saturated carbocycles. The van der Waals surface area contributed by atoms with E-state index in [1.54, 1.807) is 4.68 Å². The first-order chi connectivity index (χ1) is 7.70. The van der Waals surface area contributed by atoms with Gasteiger partial charge in [0.25, 0.3) is 0 Å². The SMILES string of the molecule is CCSc1ccc(-c2cn(C)nc2N)cc1. The molecule has 0 saturated heterocycles. The van der Waals surface area contributed by atoms with E-state index in [9.17, 15) is 0 Å². The van der Waals surface area contributed by atoms with E-state index in [1.807, 2.05) is 25.0 Å². The van der Waals surface area contributed by atoms with Crippen LogP contribution in [-0.4, -0.2) is 15.5 Å². The summed E-state index contributed by atoms with van der Waals surface area (Å²) in [6, 6.07) is 8.42. The first kappa shape index (κ1) is 11.1. The molecular weight excluding hydrogens is 218 g/mol. The van der Waals surface area contributed by atoms with Gasteiger partial charge in [0.1, 0.15) is 0 Å². The van der Waals surface area contributed by atoms with Gasteiger partial charge in [-0.3, -0.25) is 4.68 Å². The van der Waals surface area contributed by atoms with Gasteiger partial charge in [0.2, 0.25) is 0 Å². The van der Waals surface area contributed by atoms with Gasteiger partial charge in [-0.1, -0.05) is 19.1 Å². The summed E-state index contributed by atoms with van der Waals surface area (Å²) in [5, 5.41) is 4.14. The van der Waals surface area contributed by atoms with Crippen LogP contribution in [0.2, 0.25) is 0 Å². The Labute approximate surface area is 99.7 Å². The van der Waals surface area contributed by atoms with E-state index < -0.39 is 0 Å². The van der Waals surface area contributed by atoms with E-state index in [2.05, 4.69) is 36.3 Å². The van der Waals surface area contributed by atoms with Crippen molar-refractivity contribution in [2.24, 2.45) is 7.05 Å². The average molecular weight is 233 g/mol. The Hall–Kier alpha value is -1.42. The summed E-state index contributed by atoms with van der Waals surface area (Å²) in [4.78, 5) is 1.29. The number of aryl methyl sites for hydroxylation is 1. The molecule has 2 rings (SSSR count). The molecule has 0 fully saturated rings. The summed E-state index contributed by atoms with van der Waals surface area (Å²) in [5.74, 6) is 1.67. The monoisotopic (exact) mass is 233 g/mol. The number of rotatable bonds is 3. The van der Waals surface area contributed by atoms with Crippen LogP contribution in [0.1, 0.15) is 6.92 Å². The fourth-order valence-corrected chi connectivity index (χ4v) is 2.29. The summed E-state index contributed by atoms with van der Waals surface area (Å²) in [5.41, 5.74) is 7.95. The number of nitrogens with two attached hydrogens (primary N) is 1. The topological polar surface area (TPSA) is 43.8 Å². The smallest absolute Gasteiger partial charge is 0.153 e. The Kier molecular flexibility index (Phi) is 3.19. The number of hydrogen-bond donors (Lipinski definition) is 1. The molecule has 0 bridgehead atoms. The predicted octanol–water partition coefficient (Wildman–Crippen LogP) is 2.78. The molecule has 0 radical (unpaired) electrons. The predicted molar refractivity (Wildman–Crippen MR) is 69.5 cm³/mol. The number of aromatic nitrogens is 2. The van der Waals surface area contributed by atoms with Crippen LogP contribution in [-0.2, 0) is 7.05 Å². The van der Waals surface area contributed by atoms with Crippen LogP contribution in [0.25, 0.3) is 11.1 Å². The van der Waals surface area contributed by atoms with Crippen molar-refractivity contribution >= 4 is 17.6 Å². The van der Waals surface area contributed by atoms with Crippen LogP contribution in [0.5, 0.6) is 0 Å². The second-order valence-electron chi connectivity index (χ2n) is 3.56. The zero-order valence-electron chi connectivity index (χ0n) is 9.47. The van der Waals surface area contributed by atoms with Gasteiger partial charge in [-0.2, -0.15) is 5.10 Å². The summed E-state index contributed by atoms with van der Waals surface area (Å²) in [6.45, 7) is 2.15. The molecular formula is C12H15N3S. The maximum atomic E-state index is 5.83. The summed E-state index contributed by atoms with van der Waals surface area (Å²) < 4.78 is 1.74. The molecule has 1 aromatic heterocycles. The van der Waals surface area contributed by atoms with E-state index in [4.69, 9.17) is 5.73 Å². The van der Waals surface area contributed by atoms with E-state index in [0.29, 0.717) is 5.82 Å². The minimum atomic E-state index is 0.582. The Morgan fingerprint density at radius 2 is 2.00 bits per heavy atom. The molecule has 0 aliphatic heterocycles. The molecule has 0 spiro atoms.